The number of sulfonamides is 1. The predicted octanol–water partition coefficient (Wildman–Crippen LogP) is 2.17. The Labute approximate surface area is 180 Å². The average Bonchev–Trinajstić information content (AvgIpc) is 3.34. The fourth-order valence-electron chi connectivity index (χ4n) is 4.10. The van der Waals surface area contributed by atoms with Gasteiger partial charge in [0.05, 0.1) is 11.3 Å². The number of benzene rings is 1. The fourth-order valence-corrected chi connectivity index (χ4v) is 4.88. The van der Waals surface area contributed by atoms with E-state index in [2.05, 4.69) is 20.8 Å². The van der Waals surface area contributed by atoms with Crippen molar-refractivity contribution >= 4 is 27.8 Å². The third kappa shape index (κ3) is 6.53. The monoisotopic (exact) mass is 449 g/mol. The molecule has 1 aliphatic carbocycles. The van der Waals surface area contributed by atoms with Crippen LogP contribution in [0.25, 0.3) is 0 Å². The van der Waals surface area contributed by atoms with Crippen molar-refractivity contribution in [2.75, 3.05) is 11.9 Å². The Bertz CT molecular complexity index is 1040. The molecule has 0 bridgehead atoms. The largest absolute Gasteiger partial charge is 0.465 e. The Morgan fingerprint density at radius 1 is 1.26 bits per heavy atom. The number of nitrogens with zero attached hydrogens (tertiary/aromatic N) is 1. The van der Waals surface area contributed by atoms with Crippen molar-refractivity contribution in [3.63, 3.8) is 0 Å². The number of carbonyl (C=O) groups is 2. The molecule has 0 saturated heterocycles. The van der Waals surface area contributed by atoms with E-state index in [1.807, 2.05) is 6.07 Å². The molecular formula is C20H27N5O5S. The zero-order chi connectivity index (χ0) is 22.4. The number of carboxylic acid groups (broad SMARTS) is 1. The van der Waals surface area contributed by atoms with Crippen molar-refractivity contribution < 1.29 is 23.1 Å². The highest BCUT2D eigenvalue weighted by molar-refractivity contribution is 7.89. The van der Waals surface area contributed by atoms with Gasteiger partial charge >= 0.3 is 6.09 Å². The second kappa shape index (κ2) is 9.92. The van der Waals surface area contributed by atoms with Gasteiger partial charge in [0.1, 0.15) is 0 Å². The number of nitrogens with one attached hydrogen (secondary N) is 3. The summed E-state index contributed by atoms with van der Waals surface area (Å²) in [6.45, 7) is 0.464. The third-order valence-corrected chi connectivity index (χ3v) is 6.55. The van der Waals surface area contributed by atoms with Crippen molar-refractivity contribution in [2.24, 2.45) is 11.1 Å². The number of nitrogens with two attached hydrogens (primary N) is 1. The second-order valence-corrected chi connectivity index (χ2v) is 9.37. The van der Waals surface area contributed by atoms with Crippen LogP contribution in [0.15, 0.2) is 35.2 Å². The van der Waals surface area contributed by atoms with Crippen LogP contribution in [0, 0.1) is 5.92 Å². The molecule has 1 aliphatic rings. The van der Waals surface area contributed by atoms with E-state index in [9.17, 15) is 18.0 Å². The van der Waals surface area contributed by atoms with Crippen LogP contribution in [0.3, 0.4) is 0 Å². The lowest BCUT2D eigenvalue weighted by Crippen LogP contribution is -2.22. The van der Waals surface area contributed by atoms with Crippen molar-refractivity contribution in [1.82, 2.24) is 15.5 Å². The van der Waals surface area contributed by atoms with E-state index in [1.165, 1.54) is 6.07 Å². The molecule has 10 nitrogen and oxygen atoms in total. The Kier molecular flexibility index (Phi) is 7.29. The maximum atomic E-state index is 12.4. The van der Waals surface area contributed by atoms with E-state index < -0.39 is 16.1 Å². The second-order valence-electron chi connectivity index (χ2n) is 7.84. The van der Waals surface area contributed by atoms with Crippen LogP contribution in [0.5, 0.6) is 0 Å². The Morgan fingerprint density at radius 3 is 2.77 bits per heavy atom. The van der Waals surface area contributed by atoms with Gasteiger partial charge < -0.3 is 15.7 Å². The molecule has 168 valence electrons. The van der Waals surface area contributed by atoms with Gasteiger partial charge in [-0.05, 0) is 49.7 Å². The zero-order valence-corrected chi connectivity index (χ0v) is 17.8. The molecule has 1 aromatic carbocycles. The van der Waals surface area contributed by atoms with Crippen molar-refractivity contribution in [2.45, 2.75) is 49.3 Å². The van der Waals surface area contributed by atoms with E-state index in [0.29, 0.717) is 29.8 Å². The average molecular weight is 450 g/mol. The molecule has 2 atom stereocenters. The number of aromatic nitrogens is 2. The highest BCUT2D eigenvalue weighted by Gasteiger charge is 2.27. The van der Waals surface area contributed by atoms with Crippen molar-refractivity contribution in [3.05, 3.63) is 41.6 Å². The van der Waals surface area contributed by atoms with Crippen molar-refractivity contribution in [3.8, 4) is 0 Å². The summed E-state index contributed by atoms with van der Waals surface area (Å²) in [6, 6.07) is 7.94. The van der Waals surface area contributed by atoms with E-state index in [1.54, 1.807) is 18.2 Å². The Hall–Kier alpha value is -2.92. The molecule has 0 radical (unpaired) electrons. The standard InChI is InChI=1S/C20H27N5O5S/c21-31(29,30)17-6-2-1-5-15(17)11-19(26)23-18-12-16(24-25-18)14-8-7-13(10-14)4-3-9-22-20(27)28/h1-2,5-6,12-14,22H,3-4,7-11H2,(H,27,28)(H2,21,29,30)(H2,23,24,25,26)/t13-,14-/m0/s1. The quantitative estimate of drug-likeness (QED) is 0.368. The normalized spacial score (nSPS) is 18.6. The smallest absolute Gasteiger partial charge is 0.404 e. The number of anilines is 1. The van der Waals surface area contributed by atoms with Crippen LogP contribution in [0.4, 0.5) is 10.6 Å². The zero-order valence-electron chi connectivity index (χ0n) is 17.0. The van der Waals surface area contributed by atoms with Gasteiger partial charge in [0.25, 0.3) is 0 Å². The van der Waals surface area contributed by atoms with Gasteiger partial charge in [-0.25, -0.2) is 18.4 Å². The topological polar surface area (TPSA) is 167 Å². The van der Waals surface area contributed by atoms with E-state index in [0.717, 1.165) is 37.8 Å². The number of hydrogen-bond acceptors (Lipinski definition) is 5. The lowest BCUT2D eigenvalue weighted by Gasteiger charge is -2.10. The Morgan fingerprint density at radius 2 is 2.03 bits per heavy atom. The summed E-state index contributed by atoms with van der Waals surface area (Å²) in [6.07, 6.45) is 3.72. The van der Waals surface area contributed by atoms with Crippen LogP contribution in [-0.4, -0.2) is 42.3 Å². The van der Waals surface area contributed by atoms with Crippen LogP contribution >= 0.6 is 0 Å². The van der Waals surface area contributed by atoms with Gasteiger partial charge in [-0.1, -0.05) is 18.2 Å². The number of aromatic amines is 1. The van der Waals surface area contributed by atoms with Gasteiger partial charge in [0, 0.05) is 24.2 Å². The van der Waals surface area contributed by atoms with Crippen LogP contribution in [-0.2, 0) is 21.2 Å². The maximum Gasteiger partial charge on any atom is 0.404 e. The Balaban J connectivity index is 1.52. The summed E-state index contributed by atoms with van der Waals surface area (Å²) in [5.74, 6) is 0.863. The summed E-state index contributed by atoms with van der Waals surface area (Å²) in [7, 11) is -3.91. The summed E-state index contributed by atoms with van der Waals surface area (Å²) in [5.41, 5.74) is 1.28. The van der Waals surface area contributed by atoms with Crippen LogP contribution < -0.4 is 15.8 Å². The van der Waals surface area contributed by atoms with Crippen LogP contribution in [0.1, 0.15) is 49.3 Å². The van der Waals surface area contributed by atoms with Crippen LogP contribution in [0.2, 0.25) is 0 Å². The van der Waals surface area contributed by atoms with Gasteiger partial charge in [0.15, 0.2) is 5.82 Å². The molecule has 0 spiro atoms. The van der Waals surface area contributed by atoms with Gasteiger partial charge in [-0.15, -0.1) is 0 Å². The first-order valence-corrected chi connectivity index (χ1v) is 11.7. The molecule has 1 saturated carbocycles. The van der Waals surface area contributed by atoms with E-state index in [4.69, 9.17) is 10.2 Å². The summed E-state index contributed by atoms with van der Waals surface area (Å²) >= 11 is 0. The lowest BCUT2D eigenvalue weighted by atomic mass is 9.98. The van der Waals surface area contributed by atoms with Gasteiger partial charge in [-0.3, -0.25) is 9.89 Å². The molecule has 1 aromatic heterocycles. The lowest BCUT2D eigenvalue weighted by molar-refractivity contribution is -0.115. The molecule has 1 heterocycles. The molecule has 0 aliphatic heterocycles. The third-order valence-electron chi connectivity index (χ3n) is 5.54. The number of hydrogen-bond donors (Lipinski definition) is 5. The minimum Gasteiger partial charge on any atom is -0.465 e. The van der Waals surface area contributed by atoms with E-state index in [-0.39, 0.29) is 17.2 Å². The molecule has 3 rings (SSSR count). The molecule has 2 amide bonds. The minimum absolute atomic E-state index is 0.0663. The number of rotatable bonds is 9. The molecular weight excluding hydrogens is 422 g/mol. The first-order valence-electron chi connectivity index (χ1n) is 10.1. The number of primary sulfonamides is 1. The number of carbonyl (C=O) groups excluding carboxylic acids is 1. The maximum absolute atomic E-state index is 12.4. The van der Waals surface area contributed by atoms with E-state index >= 15 is 0 Å². The summed E-state index contributed by atoms with van der Waals surface area (Å²) in [4.78, 5) is 22.8. The molecule has 1 fully saturated rings. The molecule has 2 aromatic rings. The molecule has 11 heteroatoms. The summed E-state index contributed by atoms with van der Waals surface area (Å²) in [5, 5.41) is 26.0. The minimum atomic E-state index is -3.91. The number of amides is 2. The molecule has 31 heavy (non-hydrogen) atoms. The fraction of sp³-hybridized carbons (Fsp3) is 0.450. The first-order chi connectivity index (χ1) is 14.7. The number of H-pyrrole nitrogens is 1. The molecule has 0 unspecified atom stereocenters. The predicted molar refractivity (Wildman–Crippen MR) is 114 cm³/mol. The first kappa shape index (κ1) is 22.8. The van der Waals surface area contributed by atoms with Crippen molar-refractivity contribution in [1.29, 1.82) is 0 Å². The highest BCUT2D eigenvalue weighted by Crippen LogP contribution is 2.40. The highest BCUT2D eigenvalue weighted by atomic mass is 32.2. The molecule has 6 N–H and O–H groups in total. The van der Waals surface area contributed by atoms with Gasteiger partial charge in [-0.2, -0.15) is 5.10 Å². The summed E-state index contributed by atoms with van der Waals surface area (Å²) < 4.78 is 23.4. The van der Waals surface area contributed by atoms with Gasteiger partial charge in [0.2, 0.25) is 15.9 Å². The SMILES string of the molecule is NS(=O)(=O)c1ccccc1CC(=O)Nc1cc([C@H]2CC[C@H](CCCNC(=O)O)C2)[nH]n1.